The highest BCUT2D eigenvalue weighted by atomic mass is 16.6. The van der Waals surface area contributed by atoms with Gasteiger partial charge in [0.1, 0.15) is 6.10 Å². The maximum absolute atomic E-state index is 12.0. The first-order valence-corrected chi connectivity index (χ1v) is 8.85. The van der Waals surface area contributed by atoms with Crippen LogP contribution >= 0.6 is 0 Å². The summed E-state index contributed by atoms with van der Waals surface area (Å²) in [4.78, 5) is 32.2. The molecule has 2 aromatic rings. The van der Waals surface area contributed by atoms with Gasteiger partial charge in [-0.2, -0.15) is 0 Å². The number of carbonyl (C=O) groups excluding carboxylic acids is 1. The van der Waals surface area contributed by atoms with Gasteiger partial charge in [0.05, 0.1) is 30.4 Å². The number of aromatic amines is 1. The first-order valence-electron chi connectivity index (χ1n) is 8.85. The lowest BCUT2D eigenvalue weighted by molar-refractivity contribution is 0.0691. The Morgan fingerprint density at radius 2 is 2.00 bits per heavy atom. The Balaban J connectivity index is 1.76. The number of likely N-dealkylation sites (tertiary alicyclic amines) is 1. The van der Waals surface area contributed by atoms with E-state index in [2.05, 4.69) is 9.97 Å². The Labute approximate surface area is 151 Å². The average molecular weight is 361 g/mol. The lowest BCUT2D eigenvalue weighted by Gasteiger charge is -2.31. The number of benzene rings is 1. The molecule has 0 spiro atoms. The normalized spacial score (nSPS) is 15.1. The molecular formula is C18H23N3O5. The van der Waals surface area contributed by atoms with E-state index in [9.17, 15) is 9.59 Å². The summed E-state index contributed by atoms with van der Waals surface area (Å²) in [5.74, 6) is 1.08. The van der Waals surface area contributed by atoms with Crippen molar-refractivity contribution in [1.82, 2.24) is 14.9 Å². The summed E-state index contributed by atoms with van der Waals surface area (Å²) in [6, 6.07) is 3.39. The first kappa shape index (κ1) is 18.0. The number of amides is 1. The fraction of sp³-hybridized carbons (Fsp3) is 0.500. The summed E-state index contributed by atoms with van der Waals surface area (Å²) < 4.78 is 16.8. The van der Waals surface area contributed by atoms with Gasteiger partial charge in [-0.15, -0.1) is 0 Å². The van der Waals surface area contributed by atoms with Gasteiger partial charge in [-0.3, -0.25) is 4.79 Å². The van der Waals surface area contributed by atoms with Crippen LogP contribution in [-0.4, -0.2) is 53.4 Å². The third-order valence-electron chi connectivity index (χ3n) is 4.27. The van der Waals surface area contributed by atoms with E-state index in [1.165, 1.54) is 6.33 Å². The molecule has 0 unspecified atom stereocenters. The molecule has 0 bridgehead atoms. The third kappa shape index (κ3) is 3.89. The quantitative estimate of drug-likeness (QED) is 0.878. The summed E-state index contributed by atoms with van der Waals surface area (Å²) in [7, 11) is 0. The zero-order valence-electron chi connectivity index (χ0n) is 15.0. The largest absolute Gasteiger partial charge is 0.490 e. The van der Waals surface area contributed by atoms with Crippen LogP contribution in [0.1, 0.15) is 26.7 Å². The average Bonchev–Trinajstić information content (AvgIpc) is 2.64. The predicted octanol–water partition coefficient (Wildman–Crippen LogP) is 2.32. The number of H-pyrrole nitrogens is 1. The lowest BCUT2D eigenvalue weighted by atomic mass is 10.1. The zero-order chi connectivity index (χ0) is 18.5. The molecule has 2 heterocycles. The summed E-state index contributed by atoms with van der Waals surface area (Å²) in [5, 5.41) is 0.454. The fourth-order valence-electron chi connectivity index (χ4n) is 2.99. The van der Waals surface area contributed by atoms with Gasteiger partial charge in [0.2, 0.25) is 0 Å². The summed E-state index contributed by atoms with van der Waals surface area (Å²) in [5.41, 5.74) is 0.335. The van der Waals surface area contributed by atoms with Crippen molar-refractivity contribution < 1.29 is 19.0 Å². The van der Waals surface area contributed by atoms with Crippen molar-refractivity contribution in [2.75, 3.05) is 26.3 Å². The number of nitrogens with zero attached hydrogens (tertiary/aromatic N) is 2. The number of aromatic nitrogens is 2. The molecule has 0 saturated carbocycles. The molecule has 1 aliphatic heterocycles. The standard InChI is InChI=1S/C18H23N3O5/c1-3-24-15-10-14-13(17(22)20-11-19-14)9-16(15)26-12-5-7-21(8-6-12)18(23)25-4-2/h9-12H,3-8H2,1-2H3,(H,19,20,22). The minimum absolute atomic E-state index is 0.0620. The highest BCUT2D eigenvalue weighted by Crippen LogP contribution is 2.32. The van der Waals surface area contributed by atoms with E-state index >= 15 is 0 Å². The molecular weight excluding hydrogens is 338 g/mol. The van der Waals surface area contributed by atoms with Crippen molar-refractivity contribution in [2.24, 2.45) is 0 Å². The number of nitrogens with one attached hydrogen (secondary N) is 1. The number of hydrogen-bond donors (Lipinski definition) is 1. The van der Waals surface area contributed by atoms with Crippen molar-refractivity contribution in [2.45, 2.75) is 32.8 Å². The van der Waals surface area contributed by atoms with Gasteiger partial charge in [-0.1, -0.05) is 0 Å². The van der Waals surface area contributed by atoms with Crippen LogP contribution in [0.5, 0.6) is 11.5 Å². The molecule has 1 amide bonds. The Kier molecular flexibility index (Phi) is 5.60. The van der Waals surface area contributed by atoms with Gasteiger partial charge in [-0.25, -0.2) is 9.78 Å². The van der Waals surface area contributed by atoms with E-state index in [1.54, 1.807) is 24.0 Å². The third-order valence-corrected chi connectivity index (χ3v) is 4.27. The van der Waals surface area contributed by atoms with E-state index in [4.69, 9.17) is 14.2 Å². The molecule has 1 aromatic heterocycles. The highest BCUT2D eigenvalue weighted by Gasteiger charge is 2.25. The van der Waals surface area contributed by atoms with E-state index in [-0.39, 0.29) is 17.8 Å². The van der Waals surface area contributed by atoms with Crippen molar-refractivity contribution >= 4 is 17.0 Å². The SMILES string of the molecule is CCOC(=O)N1CCC(Oc2cc3c(=O)[nH]cnc3cc2OCC)CC1. The minimum Gasteiger partial charge on any atom is -0.490 e. The molecule has 0 radical (unpaired) electrons. The number of carbonyl (C=O) groups is 1. The first-order chi connectivity index (χ1) is 12.6. The molecule has 140 valence electrons. The number of fused-ring (bicyclic) bond motifs is 1. The maximum atomic E-state index is 12.0. The number of hydrogen-bond acceptors (Lipinski definition) is 6. The van der Waals surface area contributed by atoms with Crippen LogP contribution in [0.4, 0.5) is 4.79 Å². The van der Waals surface area contributed by atoms with E-state index < -0.39 is 0 Å². The monoisotopic (exact) mass is 361 g/mol. The van der Waals surface area contributed by atoms with E-state index in [0.29, 0.717) is 61.5 Å². The van der Waals surface area contributed by atoms with Gasteiger partial charge in [0, 0.05) is 32.0 Å². The van der Waals surface area contributed by atoms with Crippen LogP contribution in [-0.2, 0) is 4.74 Å². The van der Waals surface area contributed by atoms with Crippen LogP contribution < -0.4 is 15.0 Å². The van der Waals surface area contributed by atoms with Gasteiger partial charge < -0.3 is 24.1 Å². The Bertz CT molecular complexity index is 827. The molecule has 1 aliphatic rings. The Hall–Kier alpha value is -2.77. The summed E-state index contributed by atoms with van der Waals surface area (Å²) >= 11 is 0. The van der Waals surface area contributed by atoms with Crippen molar-refractivity contribution in [3.8, 4) is 11.5 Å². The van der Waals surface area contributed by atoms with Crippen molar-refractivity contribution in [1.29, 1.82) is 0 Å². The van der Waals surface area contributed by atoms with Gasteiger partial charge in [0.25, 0.3) is 5.56 Å². The predicted molar refractivity (Wildman–Crippen MR) is 95.8 cm³/mol. The van der Waals surface area contributed by atoms with Gasteiger partial charge in [-0.05, 0) is 19.9 Å². The Morgan fingerprint density at radius 3 is 2.69 bits per heavy atom. The maximum Gasteiger partial charge on any atom is 0.409 e. The van der Waals surface area contributed by atoms with Crippen LogP contribution in [0.2, 0.25) is 0 Å². The second-order valence-electron chi connectivity index (χ2n) is 5.98. The van der Waals surface area contributed by atoms with Crippen LogP contribution in [0.15, 0.2) is 23.3 Å². The zero-order valence-corrected chi connectivity index (χ0v) is 15.0. The highest BCUT2D eigenvalue weighted by molar-refractivity contribution is 5.81. The second kappa shape index (κ2) is 8.07. The molecule has 1 N–H and O–H groups in total. The summed E-state index contributed by atoms with van der Waals surface area (Å²) in [6.07, 6.45) is 2.39. The molecule has 1 fully saturated rings. The summed E-state index contributed by atoms with van der Waals surface area (Å²) in [6.45, 7) is 5.67. The van der Waals surface area contributed by atoms with Gasteiger partial charge in [0.15, 0.2) is 11.5 Å². The molecule has 26 heavy (non-hydrogen) atoms. The Morgan fingerprint density at radius 1 is 1.23 bits per heavy atom. The molecule has 8 nitrogen and oxygen atoms in total. The molecule has 1 saturated heterocycles. The van der Waals surface area contributed by atoms with E-state index in [1.807, 2.05) is 6.92 Å². The smallest absolute Gasteiger partial charge is 0.409 e. The number of piperidine rings is 1. The van der Waals surface area contributed by atoms with Crippen molar-refractivity contribution in [3.05, 3.63) is 28.8 Å². The minimum atomic E-state index is -0.288. The topological polar surface area (TPSA) is 93.8 Å². The van der Waals surface area contributed by atoms with Crippen LogP contribution in [0.3, 0.4) is 0 Å². The molecule has 0 atom stereocenters. The molecule has 8 heteroatoms. The molecule has 3 rings (SSSR count). The number of rotatable bonds is 5. The lowest BCUT2D eigenvalue weighted by Crippen LogP contribution is -2.42. The fourth-order valence-corrected chi connectivity index (χ4v) is 2.99. The second-order valence-corrected chi connectivity index (χ2v) is 5.98. The van der Waals surface area contributed by atoms with Crippen LogP contribution in [0, 0.1) is 0 Å². The van der Waals surface area contributed by atoms with Gasteiger partial charge >= 0.3 is 6.09 Å². The molecule has 1 aromatic carbocycles. The molecule has 0 aliphatic carbocycles. The van der Waals surface area contributed by atoms with E-state index in [0.717, 1.165) is 0 Å². The number of ether oxygens (including phenoxy) is 3. The van der Waals surface area contributed by atoms with Crippen molar-refractivity contribution in [3.63, 3.8) is 0 Å². The van der Waals surface area contributed by atoms with Crippen LogP contribution in [0.25, 0.3) is 10.9 Å².